The van der Waals surface area contributed by atoms with Crippen molar-refractivity contribution in [1.29, 1.82) is 0 Å². The molecule has 0 spiro atoms. The van der Waals surface area contributed by atoms with Gasteiger partial charge in [0.2, 0.25) is 0 Å². The molecule has 2 aliphatic carbocycles. The molecule has 4 heteroatoms. The summed E-state index contributed by atoms with van der Waals surface area (Å²) in [7, 11) is 3.68. The third kappa shape index (κ3) is 3.94. The summed E-state index contributed by atoms with van der Waals surface area (Å²) in [5, 5.41) is 0. The van der Waals surface area contributed by atoms with Crippen molar-refractivity contribution in [3.05, 3.63) is 56.8 Å². The normalized spacial score (nSPS) is 20.8. The maximum Gasteiger partial charge on any atom is 0.348 e. The highest BCUT2D eigenvalue weighted by molar-refractivity contribution is 7.15. The van der Waals surface area contributed by atoms with Gasteiger partial charge >= 0.3 is 5.97 Å². The predicted octanol–water partition coefficient (Wildman–Crippen LogP) is 5.86. The quantitative estimate of drug-likeness (QED) is 0.598. The molecule has 3 nitrogen and oxygen atoms in total. The Labute approximate surface area is 172 Å². The third-order valence-corrected chi connectivity index (χ3v) is 7.16. The molecule has 1 aromatic heterocycles. The van der Waals surface area contributed by atoms with Gasteiger partial charge in [-0.15, -0.1) is 11.3 Å². The van der Waals surface area contributed by atoms with Crippen molar-refractivity contribution < 1.29 is 9.53 Å². The lowest BCUT2D eigenvalue weighted by atomic mass is 9.84. The average Bonchev–Trinajstić information content (AvgIpc) is 3.19. The number of nitrogens with zero attached hydrogens (tertiary/aromatic N) is 1. The van der Waals surface area contributed by atoms with E-state index >= 15 is 0 Å². The fraction of sp³-hybridized carbons (Fsp3) is 0.458. The van der Waals surface area contributed by atoms with E-state index in [1.165, 1.54) is 53.5 Å². The highest BCUT2D eigenvalue weighted by Gasteiger charge is 2.27. The molecule has 148 valence electrons. The molecule has 1 aliphatic heterocycles. The minimum atomic E-state index is -0.207. The fourth-order valence-corrected chi connectivity index (χ4v) is 5.59. The van der Waals surface area contributed by atoms with E-state index in [1.54, 1.807) is 11.3 Å². The Kier molecular flexibility index (Phi) is 5.98. The van der Waals surface area contributed by atoms with Crippen LogP contribution in [-0.4, -0.2) is 38.1 Å². The number of methoxy groups -OCH3 is 1. The van der Waals surface area contributed by atoms with Gasteiger partial charge in [-0.1, -0.05) is 24.3 Å². The molecule has 4 rings (SSSR count). The summed E-state index contributed by atoms with van der Waals surface area (Å²) in [6.45, 7) is 2.00. The highest BCUT2D eigenvalue weighted by atomic mass is 32.1. The smallest absolute Gasteiger partial charge is 0.348 e. The molecule has 0 unspecified atom stereocenters. The summed E-state index contributed by atoms with van der Waals surface area (Å²) in [6, 6.07) is 2.26. The molecule has 0 fully saturated rings. The number of esters is 1. The largest absolute Gasteiger partial charge is 0.465 e. The van der Waals surface area contributed by atoms with Crippen molar-refractivity contribution >= 4 is 28.5 Å². The summed E-state index contributed by atoms with van der Waals surface area (Å²) in [5.74, 6) is -0.207. The molecule has 0 saturated heterocycles. The van der Waals surface area contributed by atoms with Crippen LogP contribution in [0.15, 0.2) is 41.5 Å². The zero-order valence-electron chi connectivity index (χ0n) is 16.9. The van der Waals surface area contributed by atoms with Gasteiger partial charge in [0.1, 0.15) is 4.88 Å². The molecule has 0 aromatic carbocycles. The van der Waals surface area contributed by atoms with Crippen LogP contribution in [0, 0.1) is 0 Å². The molecule has 28 heavy (non-hydrogen) atoms. The van der Waals surface area contributed by atoms with E-state index in [-0.39, 0.29) is 5.97 Å². The predicted molar refractivity (Wildman–Crippen MR) is 118 cm³/mol. The molecular formula is C24H29NO2S. The SMILES string of the molecule is COC(=O)c1sc(C2=CC=CCC2)cc1C1=C(C2=CCCCC2)CN(C)CC1. The van der Waals surface area contributed by atoms with E-state index in [9.17, 15) is 4.79 Å². The van der Waals surface area contributed by atoms with Crippen LogP contribution in [0.4, 0.5) is 0 Å². The topological polar surface area (TPSA) is 29.5 Å². The summed E-state index contributed by atoms with van der Waals surface area (Å²) >= 11 is 1.60. The third-order valence-electron chi connectivity index (χ3n) is 5.97. The van der Waals surface area contributed by atoms with Crippen molar-refractivity contribution in [2.24, 2.45) is 0 Å². The van der Waals surface area contributed by atoms with Gasteiger partial charge in [0, 0.05) is 23.5 Å². The van der Waals surface area contributed by atoms with E-state index in [1.807, 2.05) is 0 Å². The van der Waals surface area contributed by atoms with Crippen LogP contribution in [0.5, 0.6) is 0 Å². The van der Waals surface area contributed by atoms with Gasteiger partial charge in [0.15, 0.2) is 0 Å². The van der Waals surface area contributed by atoms with Gasteiger partial charge in [-0.25, -0.2) is 4.79 Å². The van der Waals surface area contributed by atoms with Crippen molar-refractivity contribution in [3.8, 4) is 0 Å². The number of carbonyl (C=O) groups excluding carboxylic acids is 1. The molecule has 2 heterocycles. The second-order valence-electron chi connectivity index (χ2n) is 7.92. The van der Waals surface area contributed by atoms with Gasteiger partial charge in [0.25, 0.3) is 0 Å². The van der Waals surface area contributed by atoms with Gasteiger partial charge in [-0.05, 0) is 80.4 Å². The van der Waals surface area contributed by atoms with Crippen LogP contribution >= 0.6 is 11.3 Å². The first-order valence-corrected chi connectivity index (χ1v) is 11.2. The first-order valence-electron chi connectivity index (χ1n) is 10.4. The molecule has 0 saturated carbocycles. The van der Waals surface area contributed by atoms with Crippen LogP contribution in [0.25, 0.3) is 11.1 Å². The monoisotopic (exact) mass is 395 g/mol. The second-order valence-corrected chi connectivity index (χ2v) is 8.98. The van der Waals surface area contributed by atoms with E-state index in [0.717, 1.165) is 49.2 Å². The van der Waals surface area contributed by atoms with Crippen LogP contribution in [0.1, 0.15) is 65.1 Å². The number of allylic oxidation sites excluding steroid dienone is 5. The van der Waals surface area contributed by atoms with E-state index < -0.39 is 0 Å². The maximum absolute atomic E-state index is 12.6. The molecule has 0 atom stereocenters. The zero-order valence-corrected chi connectivity index (χ0v) is 17.7. The Morgan fingerprint density at radius 3 is 2.71 bits per heavy atom. The van der Waals surface area contributed by atoms with Gasteiger partial charge < -0.3 is 9.64 Å². The number of hydrogen-bond donors (Lipinski definition) is 0. The number of likely N-dealkylation sites (N-methyl/N-ethyl adjacent to an activating group) is 1. The van der Waals surface area contributed by atoms with Crippen LogP contribution in [0.3, 0.4) is 0 Å². The van der Waals surface area contributed by atoms with E-state index in [2.05, 4.69) is 42.3 Å². The number of hydrogen-bond acceptors (Lipinski definition) is 4. The lowest BCUT2D eigenvalue weighted by molar-refractivity contribution is 0.0606. The molecule has 3 aliphatic rings. The first-order chi connectivity index (χ1) is 13.7. The average molecular weight is 396 g/mol. The first kappa shape index (κ1) is 19.4. The van der Waals surface area contributed by atoms with Gasteiger partial charge in [-0.3, -0.25) is 0 Å². The standard InChI is InChI=1S/C24H29NO2S/c1-25-14-13-19(21(16-25)17-9-5-3-6-10-17)20-15-22(18-11-7-4-8-12-18)28-23(20)24(26)27-2/h4,7,9,11,15H,3,5-6,8,10,12-14,16H2,1-2H3. The Hall–Kier alpha value is -1.91. The number of carbonyl (C=O) groups is 1. The van der Waals surface area contributed by atoms with Gasteiger partial charge in [-0.2, -0.15) is 0 Å². The molecular weight excluding hydrogens is 366 g/mol. The fourth-order valence-electron chi connectivity index (χ4n) is 4.43. The lowest BCUT2D eigenvalue weighted by Gasteiger charge is -2.30. The Bertz CT molecular complexity index is 884. The van der Waals surface area contributed by atoms with Crippen molar-refractivity contribution in [2.45, 2.75) is 44.9 Å². The Morgan fingerprint density at radius 1 is 1.11 bits per heavy atom. The van der Waals surface area contributed by atoms with E-state index in [4.69, 9.17) is 4.74 Å². The lowest BCUT2D eigenvalue weighted by Crippen LogP contribution is -2.28. The van der Waals surface area contributed by atoms with Crippen LogP contribution < -0.4 is 0 Å². The number of rotatable bonds is 4. The highest BCUT2D eigenvalue weighted by Crippen LogP contribution is 2.41. The summed E-state index contributed by atoms with van der Waals surface area (Å²) in [6.07, 6.45) is 16.9. The zero-order chi connectivity index (χ0) is 19.5. The van der Waals surface area contributed by atoms with Crippen molar-refractivity contribution in [3.63, 3.8) is 0 Å². The maximum atomic E-state index is 12.6. The minimum Gasteiger partial charge on any atom is -0.465 e. The number of thiophene rings is 1. The second kappa shape index (κ2) is 8.62. The van der Waals surface area contributed by atoms with Gasteiger partial charge in [0.05, 0.1) is 7.11 Å². The molecule has 1 aromatic rings. The Morgan fingerprint density at radius 2 is 2.00 bits per heavy atom. The van der Waals surface area contributed by atoms with Crippen LogP contribution in [0.2, 0.25) is 0 Å². The minimum absolute atomic E-state index is 0.207. The summed E-state index contributed by atoms with van der Waals surface area (Å²) in [4.78, 5) is 17.0. The Balaban J connectivity index is 1.83. The molecule has 0 radical (unpaired) electrons. The molecule has 0 amide bonds. The summed E-state index contributed by atoms with van der Waals surface area (Å²) < 4.78 is 5.16. The van der Waals surface area contributed by atoms with E-state index in [0.29, 0.717) is 0 Å². The van der Waals surface area contributed by atoms with Crippen LogP contribution in [-0.2, 0) is 4.74 Å². The number of ether oxygens (including phenoxy) is 1. The molecule has 0 N–H and O–H groups in total. The molecule has 0 bridgehead atoms. The van der Waals surface area contributed by atoms with Crippen molar-refractivity contribution in [1.82, 2.24) is 4.90 Å². The van der Waals surface area contributed by atoms with Crippen molar-refractivity contribution in [2.75, 3.05) is 27.2 Å². The summed E-state index contributed by atoms with van der Waals surface area (Å²) in [5.41, 5.74) is 6.74.